The Bertz CT molecular complexity index is 865. The SMILES string of the molecule is COc1ccc(OCCNC(=O)Cc2nnnn2CCc2ccccc2)cc1. The number of carbonyl (C=O) groups is 1. The van der Waals surface area contributed by atoms with Gasteiger partial charge in [0, 0.05) is 6.54 Å². The van der Waals surface area contributed by atoms with Gasteiger partial charge in [-0.15, -0.1) is 5.10 Å². The number of ether oxygens (including phenoxy) is 2. The highest BCUT2D eigenvalue weighted by Crippen LogP contribution is 2.16. The number of tetrazole rings is 1. The van der Waals surface area contributed by atoms with Crippen LogP contribution in [-0.2, 0) is 24.2 Å². The molecule has 146 valence electrons. The van der Waals surface area contributed by atoms with Crippen molar-refractivity contribution < 1.29 is 14.3 Å². The lowest BCUT2D eigenvalue weighted by molar-refractivity contribution is -0.120. The first-order valence-electron chi connectivity index (χ1n) is 9.07. The van der Waals surface area contributed by atoms with Gasteiger partial charge >= 0.3 is 0 Å². The number of benzene rings is 2. The molecule has 0 spiro atoms. The van der Waals surface area contributed by atoms with E-state index in [1.807, 2.05) is 42.5 Å². The molecule has 2 aromatic carbocycles. The number of aromatic nitrogens is 4. The van der Waals surface area contributed by atoms with Gasteiger partial charge in [0.2, 0.25) is 5.91 Å². The number of nitrogens with one attached hydrogen (secondary N) is 1. The average molecular weight is 381 g/mol. The molecular formula is C20H23N5O3. The van der Waals surface area contributed by atoms with Crippen LogP contribution in [-0.4, -0.2) is 46.4 Å². The molecule has 1 aromatic heterocycles. The van der Waals surface area contributed by atoms with Crippen molar-refractivity contribution in [2.24, 2.45) is 0 Å². The molecule has 28 heavy (non-hydrogen) atoms. The minimum Gasteiger partial charge on any atom is -0.497 e. The molecule has 8 nitrogen and oxygen atoms in total. The van der Waals surface area contributed by atoms with Crippen molar-refractivity contribution in [2.45, 2.75) is 19.4 Å². The van der Waals surface area contributed by atoms with Gasteiger partial charge in [0.15, 0.2) is 5.82 Å². The smallest absolute Gasteiger partial charge is 0.227 e. The van der Waals surface area contributed by atoms with Crippen molar-refractivity contribution in [2.75, 3.05) is 20.3 Å². The van der Waals surface area contributed by atoms with E-state index >= 15 is 0 Å². The number of nitrogens with zero attached hydrogens (tertiary/aromatic N) is 4. The largest absolute Gasteiger partial charge is 0.497 e. The lowest BCUT2D eigenvalue weighted by Gasteiger charge is -2.08. The monoisotopic (exact) mass is 381 g/mol. The highest BCUT2D eigenvalue weighted by atomic mass is 16.5. The predicted molar refractivity (Wildman–Crippen MR) is 103 cm³/mol. The molecule has 0 aliphatic carbocycles. The zero-order chi connectivity index (χ0) is 19.6. The lowest BCUT2D eigenvalue weighted by Crippen LogP contribution is -2.30. The van der Waals surface area contributed by atoms with E-state index in [0.29, 0.717) is 25.5 Å². The Kier molecular flexibility index (Phi) is 6.95. The van der Waals surface area contributed by atoms with Crippen molar-refractivity contribution in [3.63, 3.8) is 0 Å². The Labute approximate surface area is 163 Å². The normalized spacial score (nSPS) is 10.5. The Balaban J connectivity index is 1.39. The van der Waals surface area contributed by atoms with Crippen molar-refractivity contribution in [1.29, 1.82) is 0 Å². The van der Waals surface area contributed by atoms with Crippen molar-refractivity contribution >= 4 is 5.91 Å². The third-order valence-corrected chi connectivity index (χ3v) is 4.13. The summed E-state index contributed by atoms with van der Waals surface area (Å²) < 4.78 is 12.4. The van der Waals surface area contributed by atoms with Gasteiger partial charge in [-0.3, -0.25) is 4.79 Å². The average Bonchev–Trinajstić information content (AvgIpc) is 3.17. The third-order valence-electron chi connectivity index (χ3n) is 4.13. The molecule has 3 aromatic rings. The van der Waals surface area contributed by atoms with E-state index in [9.17, 15) is 4.79 Å². The van der Waals surface area contributed by atoms with Crippen molar-refractivity contribution in [3.8, 4) is 11.5 Å². The fraction of sp³-hybridized carbons (Fsp3) is 0.300. The molecule has 0 radical (unpaired) electrons. The highest BCUT2D eigenvalue weighted by Gasteiger charge is 2.11. The van der Waals surface area contributed by atoms with Crippen LogP contribution in [0.1, 0.15) is 11.4 Å². The molecule has 3 rings (SSSR count). The van der Waals surface area contributed by atoms with Crippen LogP contribution in [0.5, 0.6) is 11.5 Å². The highest BCUT2D eigenvalue weighted by molar-refractivity contribution is 5.77. The van der Waals surface area contributed by atoms with Crippen LogP contribution >= 0.6 is 0 Å². The predicted octanol–water partition coefficient (Wildman–Crippen LogP) is 1.66. The second kappa shape index (κ2) is 10.1. The number of hydrogen-bond donors (Lipinski definition) is 1. The molecule has 0 unspecified atom stereocenters. The van der Waals surface area contributed by atoms with E-state index < -0.39 is 0 Å². The zero-order valence-electron chi connectivity index (χ0n) is 15.7. The molecular weight excluding hydrogens is 358 g/mol. The van der Waals surface area contributed by atoms with Gasteiger partial charge in [-0.2, -0.15) is 0 Å². The van der Waals surface area contributed by atoms with Gasteiger partial charge in [0.05, 0.1) is 20.1 Å². The number of hydrogen-bond acceptors (Lipinski definition) is 6. The summed E-state index contributed by atoms with van der Waals surface area (Å²) in [4.78, 5) is 12.1. The number of rotatable bonds is 10. The first kappa shape index (κ1) is 19.3. The van der Waals surface area contributed by atoms with Gasteiger partial charge in [-0.25, -0.2) is 4.68 Å². The van der Waals surface area contributed by atoms with Crippen LogP contribution in [0.15, 0.2) is 54.6 Å². The van der Waals surface area contributed by atoms with Gasteiger partial charge < -0.3 is 14.8 Å². The van der Waals surface area contributed by atoms with Gasteiger partial charge in [0.25, 0.3) is 0 Å². The Morgan fingerprint density at radius 3 is 2.57 bits per heavy atom. The van der Waals surface area contributed by atoms with E-state index in [0.717, 1.165) is 17.9 Å². The third kappa shape index (κ3) is 5.80. The summed E-state index contributed by atoms with van der Waals surface area (Å²) in [5.41, 5.74) is 1.20. The topological polar surface area (TPSA) is 91.2 Å². The molecule has 1 N–H and O–H groups in total. The van der Waals surface area contributed by atoms with Crippen molar-refractivity contribution in [1.82, 2.24) is 25.5 Å². The first-order valence-corrected chi connectivity index (χ1v) is 9.07. The summed E-state index contributed by atoms with van der Waals surface area (Å²) in [6, 6.07) is 17.4. The van der Waals surface area contributed by atoms with E-state index in [4.69, 9.17) is 9.47 Å². The summed E-state index contributed by atoms with van der Waals surface area (Å²) in [7, 11) is 1.61. The van der Waals surface area contributed by atoms with Crippen LogP contribution in [0.2, 0.25) is 0 Å². The first-order chi connectivity index (χ1) is 13.7. The lowest BCUT2D eigenvalue weighted by atomic mass is 10.1. The fourth-order valence-electron chi connectivity index (χ4n) is 2.64. The fourth-order valence-corrected chi connectivity index (χ4v) is 2.64. The molecule has 1 heterocycles. The maximum atomic E-state index is 12.1. The van der Waals surface area contributed by atoms with E-state index in [2.05, 4.69) is 33.0 Å². The molecule has 1 amide bonds. The molecule has 0 aliphatic rings. The van der Waals surface area contributed by atoms with Crippen LogP contribution < -0.4 is 14.8 Å². The summed E-state index contributed by atoms with van der Waals surface area (Å²) >= 11 is 0. The molecule has 0 fully saturated rings. The van der Waals surface area contributed by atoms with Gasteiger partial charge in [-0.05, 0) is 46.7 Å². The summed E-state index contributed by atoms with van der Waals surface area (Å²) in [6.45, 7) is 1.40. The minimum absolute atomic E-state index is 0.129. The maximum Gasteiger partial charge on any atom is 0.227 e. The van der Waals surface area contributed by atoms with E-state index in [1.165, 1.54) is 5.56 Å². The molecule has 0 saturated carbocycles. The number of aryl methyl sites for hydroxylation is 2. The molecule has 0 atom stereocenters. The van der Waals surface area contributed by atoms with Crippen LogP contribution in [0.4, 0.5) is 0 Å². The van der Waals surface area contributed by atoms with Crippen LogP contribution in [0, 0.1) is 0 Å². The Morgan fingerprint density at radius 1 is 1.07 bits per heavy atom. The van der Waals surface area contributed by atoms with Gasteiger partial charge in [-0.1, -0.05) is 30.3 Å². The second-order valence-corrected chi connectivity index (χ2v) is 6.10. The van der Waals surface area contributed by atoms with Crippen LogP contribution in [0.3, 0.4) is 0 Å². The Hall–Kier alpha value is -3.42. The van der Waals surface area contributed by atoms with Crippen LogP contribution in [0.25, 0.3) is 0 Å². The minimum atomic E-state index is -0.144. The van der Waals surface area contributed by atoms with Crippen molar-refractivity contribution in [3.05, 3.63) is 66.0 Å². The maximum absolute atomic E-state index is 12.1. The van der Waals surface area contributed by atoms with E-state index in [1.54, 1.807) is 11.8 Å². The molecule has 8 heteroatoms. The van der Waals surface area contributed by atoms with E-state index in [-0.39, 0.29) is 12.3 Å². The number of carbonyl (C=O) groups excluding carboxylic acids is 1. The standard InChI is InChI=1S/C20H23N5O3/c1-27-17-7-9-18(10-8-17)28-14-12-21-20(26)15-19-22-23-24-25(19)13-11-16-5-3-2-4-6-16/h2-10H,11-15H2,1H3,(H,21,26). The molecule has 0 aliphatic heterocycles. The summed E-state index contributed by atoms with van der Waals surface area (Å²) in [5.74, 6) is 1.89. The molecule has 0 bridgehead atoms. The number of amides is 1. The second-order valence-electron chi connectivity index (χ2n) is 6.10. The quantitative estimate of drug-likeness (QED) is 0.537. The van der Waals surface area contributed by atoms with Gasteiger partial charge in [0.1, 0.15) is 18.1 Å². The summed E-state index contributed by atoms with van der Waals surface area (Å²) in [5, 5.41) is 14.4. The summed E-state index contributed by atoms with van der Waals surface area (Å²) in [6.07, 6.45) is 0.931. The Morgan fingerprint density at radius 2 is 1.82 bits per heavy atom. The number of methoxy groups -OCH3 is 1. The zero-order valence-corrected chi connectivity index (χ0v) is 15.7. The molecule has 0 saturated heterocycles.